The van der Waals surface area contributed by atoms with Crippen LogP contribution in [0.5, 0.6) is 0 Å². The van der Waals surface area contributed by atoms with Crippen molar-refractivity contribution in [2.75, 3.05) is 47.5 Å². The molecule has 0 aliphatic carbocycles. The fourth-order valence-corrected chi connectivity index (χ4v) is 8.45. The lowest BCUT2D eigenvalue weighted by molar-refractivity contribution is -0.870. The Bertz CT molecular complexity index is 1170. The van der Waals surface area contributed by atoms with Gasteiger partial charge in [0.15, 0.2) is 12.4 Å². The average Bonchev–Trinajstić information content (AvgIpc) is 3.30. The average molecular weight is 963 g/mol. The zero-order chi connectivity index (χ0) is 49.9. The number of ether oxygens (including phenoxy) is 4. The largest absolute Gasteiger partial charge is 0.545 e. The summed E-state index contributed by atoms with van der Waals surface area (Å²) in [5.74, 6) is -2.26. The second-order valence-corrected chi connectivity index (χ2v) is 20.9. The van der Waals surface area contributed by atoms with Crippen LogP contribution in [0.15, 0.2) is 24.3 Å². The van der Waals surface area contributed by atoms with Crippen LogP contribution in [-0.4, -0.2) is 82.3 Å². The van der Waals surface area contributed by atoms with Gasteiger partial charge in [-0.15, -0.1) is 0 Å². The van der Waals surface area contributed by atoms with E-state index in [-0.39, 0.29) is 32.2 Å². The molecule has 0 aromatic carbocycles. The molecule has 0 radical (unpaired) electrons. The van der Waals surface area contributed by atoms with E-state index < -0.39 is 24.3 Å². The van der Waals surface area contributed by atoms with Crippen LogP contribution in [0.1, 0.15) is 277 Å². The molecule has 9 nitrogen and oxygen atoms in total. The van der Waals surface area contributed by atoms with Gasteiger partial charge in [-0.05, 0) is 44.9 Å². The number of hydrogen-bond donors (Lipinski definition) is 0. The molecule has 0 aromatic rings. The van der Waals surface area contributed by atoms with Crippen molar-refractivity contribution in [2.24, 2.45) is 0 Å². The van der Waals surface area contributed by atoms with Crippen molar-refractivity contribution < 1.29 is 42.9 Å². The molecule has 400 valence electrons. The molecule has 0 aromatic heterocycles. The zero-order valence-corrected chi connectivity index (χ0v) is 45.5. The van der Waals surface area contributed by atoms with E-state index in [1.54, 1.807) is 0 Å². The molecule has 0 saturated carbocycles. The van der Waals surface area contributed by atoms with E-state index in [1.807, 2.05) is 21.1 Å². The van der Waals surface area contributed by atoms with Crippen molar-refractivity contribution in [3.8, 4) is 0 Å². The Labute approximate surface area is 420 Å². The highest BCUT2D eigenvalue weighted by Crippen LogP contribution is 2.17. The summed E-state index contributed by atoms with van der Waals surface area (Å²) in [6.07, 6.45) is 56.5. The van der Waals surface area contributed by atoms with Crippen LogP contribution in [0.4, 0.5) is 0 Å². The Morgan fingerprint density at radius 3 is 1.16 bits per heavy atom. The Kier molecular flexibility index (Phi) is 49.5. The summed E-state index contributed by atoms with van der Waals surface area (Å²) >= 11 is 0. The third-order valence-electron chi connectivity index (χ3n) is 13.0. The quantitative estimate of drug-likeness (QED) is 0.0195. The first-order valence-corrected chi connectivity index (χ1v) is 29.0. The number of carboxylic acids is 1. The van der Waals surface area contributed by atoms with E-state index in [0.717, 1.165) is 38.5 Å². The van der Waals surface area contributed by atoms with Gasteiger partial charge in [-0.1, -0.05) is 244 Å². The van der Waals surface area contributed by atoms with E-state index in [4.69, 9.17) is 18.9 Å². The number of esters is 2. The maximum atomic E-state index is 12.9. The molecule has 0 aliphatic heterocycles. The van der Waals surface area contributed by atoms with Crippen LogP contribution in [0, 0.1) is 0 Å². The summed E-state index contributed by atoms with van der Waals surface area (Å²) in [6, 6.07) is 0. The van der Waals surface area contributed by atoms with Crippen molar-refractivity contribution in [2.45, 2.75) is 289 Å². The number of rotatable bonds is 54. The van der Waals surface area contributed by atoms with Crippen LogP contribution in [0.3, 0.4) is 0 Å². The standard InChI is InChI=1S/C59H111NO8/c1-6-8-10-12-14-16-18-20-22-24-26-27-28-29-30-31-32-34-36-38-40-42-44-46-48-50-57(62)68-55(54-67-59(58(63)64)65-52-51-60(3,4)5)53-66-56(61)49-47-45-43-41-39-37-35-33-25-23-21-19-17-15-13-11-9-7-2/h18,20,24,26,55,59H,6-17,19,21-23,25,27-54H2,1-5H3/b20-18-,26-24-. The first-order chi connectivity index (χ1) is 33.1. The third-order valence-corrected chi connectivity index (χ3v) is 13.0. The number of carbonyl (C=O) groups excluding carboxylic acids is 3. The van der Waals surface area contributed by atoms with Crippen LogP contribution in [0.25, 0.3) is 0 Å². The summed E-state index contributed by atoms with van der Waals surface area (Å²) in [7, 11) is 5.93. The van der Waals surface area contributed by atoms with Crippen molar-refractivity contribution >= 4 is 17.9 Å². The van der Waals surface area contributed by atoms with Gasteiger partial charge in [0.25, 0.3) is 0 Å². The molecule has 0 amide bonds. The maximum absolute atomic E-state index is 12.9. The second-order valence-electron chi connectivity index (χ2n) is 20.9. The van der Waals surface area contributed by atoms with E-state index >= 15 is 0 Å². The van der Waals surface area contributed by atoms with Gasteiger partial charge in [0.1, 0.15) is 13.2 Å². The molecular formula is C59H111NO8. The predicted molar refractivity (Wildman–Crippen MR) is 283 cm³/mol. The lowest BCUT2D eigenvalue weighted by atomic mass is 10.0. The molecule has 0 saturated heterocycles. The van der Waals surface area contributed by atoms with Crippen molar-refractivity contribution in [3.05, 3.63) is 24.3 Å². The Balaban J connectivity index is 4.21. The second kappa shape index (κ2) is 51.1. The van der Waals surface area contributed by atoms with E-state index in [0.29, 0.717) is 23.9 Å². The molecule has 0 rings (SSSR count). The van der Waals surface area contributed by atoms with Gasteiger partial charge >= 0.3 is 11.9 Å². The summed E-state index contributed by atoms with van der Waals surface area (Å²) < 4.78 is 22.7. The normalized spacial score (nSPS) is 12.9. The number of aliphatic carboxylic acids is 1. The molecule has 0 fully saturated rings. The number of hydrogen-bond acceptors (Lipinski definition) is 8. The minimum atomic E-state index is -1.62. The van der Waals surface area contributed by atoms with Crippen LogP contribution >= 0.6 is 0 Å². The van der Waals surface area contributed by atoms with Crippen molar-refractivity contribution in [1.29, 1.82) is 0 Å². The van der Waals surface area contributed by atoms with Crippen molar-refractivity contribution in [3.63, 3.8) is 0 Å². The monoisotopic (exact) mass is 962 g/mol. The molecule has 9 heteroatoms. The smallest absolute Gasteiger partial charge is 0.306 e. The molecule has 2 atom stereocenters. The van der Waals surface area contributed by atoms with E-state index in [2.05, 4.69) is 38.2 Å². The van der Waals surface area contributed by atoms with Crippen LogP contribution in [-0.2, 0) is 33.3 Å². The van der Waals surface area contributed by atoms with Gasteiger partial charge in [-0.2, -0.15) is 0 Å². The molecule has 68 heavy (non-hydrogen) atoms. The highest BCUT2D eigenvalue weighted by Gasteiger charge is 2.22. The van der Waals surface area contributed by atoms with Crippen molar-refractivity contribution in [1.82, 2.24) is 0 Å². The number of nitrogens with zero attached hydrogens (tertiary/aromatic N) is 1. The molecule has 0 spiro atoms. The lowest BCUT2D eigenvalue weighted by Crippen LogP contribution is -2.44. The Morgan fingerprint density at radius 2 is 0.794 bits per heavy atom. The Morgan fingerprint density at radius 1 is 0.441 bits per heavy atom. The number of allylic oxidation sites excluding steroid dienone is 4. The zero-order valence-electron chi connectivity index (χ0n) is 45.5. The SMILES string of the molecule is CCCCCCC/C=C\C/C=C\CCCCCCCCCCCCCCCC(=O)OC(COC(=O)CCCCCCCCCCCCCCCCCCCC)COC(OCC[N+](C)(C)C)C(=O)[O-]. The highest BCUT2D eigenvalue weighted by atomic mass is 16.7. The number of carboxylic acid groups (broad SMARTS) is 1. The molecular weight excluding hydrogens is 851 g/mol. The topological polar surface area (TPSA) is 111 Å². The summed E-state index contributed by atoms with van der Waals surface area (Å²) in [5.41, 5.74) is 0. The molecule has 0 aliphatic rings. The van der Waals surface area contributed by atoms with Gasteiger partial charge in [-0.25, -0.2) is 0 Å². The van der Waals surface area contributed by atoms with E-state index in [1.165, 1.54) is 205 Å². The number of carbonyl (C=O) groups is 3. The fourth-order valence-electron chi connectivity index (χ4n) is 8.45. The van der Waals surface area contributed by atoms with E-state index in [9.17, 15) is 19.5 Å². The third kappa shape index (κ3) is 51.6. The number of likely N-dealkylation sites (N-methyl/N-ethyl adjacent to an activating group) is 1. The number of unbranched alkanes of at least 4 members (excludes halogenated alkanes) is 35. The van der Waals surface area contributed by atoms with Gasteiger partial charge in [0.05, 0.1) is 40.3 Å². The fraction of sp³-hybridized carbons (Fsp3) is 0.881. The molecule has 0 bridgehead atoms. The van der Waals surface area contributed by atoms with Crippen LogP contribution < -0.4 is 5.11 Å². The van der Waals surface area contributed by atoms with Crippen LogP contribution in [0.2, 0.25) is 0 Å². The van der Waals surface area contributed by atoms with Gasteiger partial charge < -0.3 is 33.3 Å². The molecule has 0 heterocycles. The minimum Gasteiger partial charge on any atom is -0.545 e. The van der Waals surface area contributed by atoms with Gasteiger partial charge in [0.2, 0.25) is 0 Å². The minimum absolute atomic E-state index is 0.150. The summed E-state index contributed by atoms with van der Waals surface area (Å²) in [4.78, 5) is 37.3. The summed E-state index contributed by atoms with van der Waals surface area (Å²) in [6.45, 7) is 4.78. The highest BCUT2D eigenvalue weighted by molar-refractivity contribution is 5.70. The first-order valence-electron chi connectivity index (χ1n) is 29.0. The predicted octanol–water partition coefficient (Wildman–Crippen LogP) is 15.4. The Hall–Kier alpha value is -2.23. The van der Waals surface area contributed by atoms with Gasteiger partial charge in [0, 0.05) is 12.8 Å². The molecule has 0 N–H and O–H groups in total. The summed E-state index contributed by atoms with van der Waals surface area (Å²) in [5, 5.41) is 11.8. The lowest BCUT2D eigenvalue weighted by Gasteiger charge is -2.26. The molecule has 2 unspecified atom stereocenters. The van der Waals surface area contributed by atoms with Gasteiger partial charge in [-0.3, -0.25) is 9.59 Å². The number of quaternary nitrogens is 1. The first kappa shape index (κ1) is 65.8. The maximum Gasteiger partial charge on any atom is 0.306 e.